The summed E-state index contributed by atoms with van der Waals surface area (Å²) in [7, 11) is 0. The first kappa shape index (κ1) is 22.5. The van der Waals surface area contributed by atoms with E-state index in [4.69, 9.17) is 5.26 Å². The highest BCUT2D eigenvalue weighted by Crippen LogP contribution is 2.10. The molecule has 1 atom stereocenters. The minimum absolute atomic E-state index is 0.0371. The van der Waals surface area contributed by atoms with Gasteiger partial charge in [-0.2, -0.15) is 5.26 Å². The van der Waals surface area contributed by atoms with Crippen LogP contribution < -0.4 is 10.6 Å². The maximum absolute atomic E-state index is 13.0. The van der Waals surface area contributed by atoms with Gasteiger partial charge in [0.25, 0.3) is 11.8 Å². The molecule has 32 heavy (non-hydrogen) atoms. The average molecular weight is 425 g/mol. The lowest BCUT2D eigenvalue weighted by Crippen LogP contribution is -2.43. The summed E-state index contributed by atoms with van der Waals surface area (Å²) in [5.41, 5.74) is 2.55. The Balaban J connectivity index is 1.82. The Kier molecular flexibility index (Phi) is 7.90. The molecule has 0 saturated heterocycles. The molecule has 0 spiro atoms. The van der Waals surface area contributed by atoms with E-state index >= 15 is 0 Å². The highest BCUT2D eigenvalue weighted by molar-refractivity contribution is 6.05. The highest BCUT2D eigenvalue weighted by atomic mass is 16.3. The van der Waals surface area contributed by atoms with Crippen molar-refractivity contribution in [3.8, 4) is 6.07 Å². The molecule has 0 aliphatic carbocycles. The van der Waals surface area contributed by atoms with Crippen molar-refractivity contribution in [3.63, 3.8) is 0 Å². The Morgan fingerprint density at radius 2 is 1.56 bits per heavy atom. The number of nitriles is 1. The van der Waals surface area contributed by atoms with Gasteiger partial charge in [0.1, 0.15) is 5.70 Å². The van der Waals surface area contributed by atoms with Crippen molar-refractivity contribution in [2.24, 2.45) is 0 Å². The summed E-state index contributed by atoms with van der Waals surface area (Å²) in [6.45, 7) is -0.253. The minimum atomic E-state index is -0.525. The third-order valence-electron chi connectivity index (χ3n) is 4.76. The van der Waals surface area contributed by atoms with E-state index in [1.54, 1.807) is 54.6 Å². The zero-order chi connectivity index (χ0) is 22.8. The van der Waals surface area contributed by atoms with Crippen LogP contribution >= 0.6 is 0 Å². The number of amides is 2. The molecule has 0 aliphatic heterocycles. The molecule has 160 valence electrons. The van der Waals surface area contributed by atoms with E-state index in [0.717, 1.165) is 5.56 Å². The number of hydrogen-bond acceptors (Lipinski definition) is 4. The Morgan fingerprint density at radius 1 is 0.938 bits per heavy atom. The van der Waals surface area contributed by atoms with Gasteiger partial charge in [-0.25, -0.2) is 0 Å². The van der Waals surface area contributed by atoms with Crippen LogP contribution in [0.2, 0.25) is 0 Å². The monoisotopic (exact) mass is 425 g/mol. The number of nitrogens with zero attached hydrogens (tertiary/aromatic N) is 1. The lowest BCUT2D eigenvalue weighted by molar-refractivity contribution is -0.118. The third-order valence-corrected chi connectivity index (χ3v) is 4.76. The molecule has 2 amide bonds. The van der Waals surface area contributed by atoms with Gasteiger partial charge >= 0.3 is 0 Å². The summed E-state index contributed by atoms with van der Waals surface area (Å²) in [4.78, 5) is 25.7. The van der Waals surface area contributed by atoms with Crippen LogP contribution in [0.4, 0.5) is 0 Å². The van der Waals surface area contributed by atoms with Crippen molar-refractivity contribution in [2.75, 3.05) is 6.61 Å². The van der Waals surface area contributed by atoms with Crippen LogP contribution in [0.5, 0.6) is 0 Å². The first-order chi connectivity index (χ1) is 15.6. The predicted molar refractivity (Wildman–Crippen MR) is 122 cm³/mol. The largest absolute Gasteiger partial charge is 0.394 e. The second-order valence-electron chi connectivity index (χ2n) is 7.15. The van der Waals surface area contributed by atoms with Gasteiger partial charge in [0, 0.05) is 5.56 Å². The summed E-state index contributed by atoms with van der Waals surface area (Å²) >= 11 is 0. The van der Waals surface area contributed by atoms with Crippen molar-refractivity contribution in [1.29, 1.82) is 5.26 Å². The van der Waals surface area contributed by atoms with Crippen LogP contribution in [-0.2, 0) is 11.2 Å². The highest BCUT2D eigenvalue weighted by Gasteiger charge is 2.18. The standard InChI is InChI=1S/C26H23N3O3/c27-17-21-13-11-20(12-14-21)16-24(29-25(31)22-9-5-2-6-10-22)26(32)28-23(18-30)15-19-7-3-1-4-8-19/h1-14,16,23,30H,15,18H2,(H,28,32)(H,29,31)/b24-16+/t23-/m0/s1. The topological polar surface area (TPSA) is 102 Å². The molecule has 0 unspecified atom stereocenters. The van der Waals surface area contributed by atoms with Crippen molar-refractivity contribution in [3.05, 3.63) is 113 Å². The number of aliphatic hydroxyl groups excluding tert-OH is 1. The van der Waals surface area contributed by atoms with Crippen LogP contribution in [-0.4, -0.2) is 29.6 Å². The number of nitrogens with one attached hydrogen (secondary N) is 2. The van der Waals surface area contributed by atoms with Crippen LogP contribution in [0, 0.1) is 11.3 Å². The molecule has 0 fully saturated rings. The fourth-order valence-corrected chi connectivity index (χ4v) is 3.09. The molecule has 3 N–H and O–H groups in total. The third kappa shape index (κ3) is 6.39. The second-order valence-corrected chi connectivity index (χ2v) is 7.15. The molecule has 0 saturated carbocycles. The van der Waals surface area contributed by atoms with E-state index in [1.165, 1.54) is 6.08 Å². The molecule has 3 aromatic rings. The molecule has 0 aliphatic rings. The molecule has 0 heterocycles. The fourth-order valence-electron chi connectivity index (χ4n) is 3.09. The molecule has 6 nitrogen and oxygen atoms in total. The van der Waals surface area contributed by atoms with E-state index in [-0.39, 0.29) is 12.3 Å². The number of hydrogen-bond donors (Lipinski definition) is 3. The second kappa shape index (κ2) is 11.3. The predicted octanol–water partition coefficient (Wildman–Crippen LogP) is 3.05. The first-order valence-corrected chi connectivity index (χ1v) is 10.1. The molecule has 0 aromatic heterocycles. The van der Waals surface area contributed by atoms with E-state index in [0.29, 0.717) is 23.1 Å². The number of carbonyl (C=O) groups is 2. The molecule has 6 heteroatoms. The van der Waals surface area contributed by atoms with Gasteiger partial charge in [-0.15, -0.1) is 0 Å². The maximum Gasteiger partial charge on any atom is 0.268 e. The quantitative estimate of drug-likeness (QED) is 0.483. The van der Waals surface area contributed by atoms with Crippen LogP contribution in [0.25, 0.3) is 6.08 Å². The Labute approximate surface area is 186 Å². The Hall–Kier alpha value is -4.21. The summed E-state index contributed by atoms with van der Waals surface area (Å²) in [5.74, 6) is -0.946. The van der Waals surface area contributed by atoms with E-state index in [1.807, 2.05) is 36.4 Å². The van der Waals surface area contributed by atoms with Gasteiger partial charge in [-0.05, 0) is 47.9 Å². The van der Waals surface area contributed by atoms with Crippen molar-refractivity contribution < 1.29 is 14.7 Å². The molecule has 3 aromatic carbocycles. The molecule has 0 bridgehead atoms. The average Bonchev–Trinajstić information content (AvgIpc) is 2.84. The lowest BCUT2D eigenvalue weighted by atomic mass is 10.1. The molecule has 0 radical (unpaired) electrons. The Bertz CT molecular complexity index is 1120. The van der Waals surface area contributed by atoms with Crippen LogP contribution in [0.3, 0.4) is 0 Å². The van der Waals surface area contributed by atoms with Gasteiger partial charge in [0.05, 0.1) is 24.3 Å². The van der Waals surface area contributed by atoms with Crippen molar-refractivity contribution >= 4 is 17.9 Å². The van der Waals surface area contributed by atoms with Crippen molar-refractivity contribution in [1.82, 2.24) is 10.6 Å². The van der Waals surface area contributed by atoms with E-state index in [9.17, 15) is 14.7 Å². The number of rotatable bonds is 8. The first-order valence-electron chi connectivity index (χ1n) is 10.1. The minimum Gasteiger partial charge on any atom is -0.394 e. The van der Waals surface area contributed by atoms with Gasteiger partial charge in [0.2, 0.25) is 0 Å². The number of carbonyl (C=O) groups excluding carboxylic acids is 2. The van der Waals surface area contributed by atoms with Gasteiger partial charge in [0.15, 0.2) is 0 Å². The SMILES string of the molecule is N#Cc1ccc(/C=C(/NC(=O)c2ccccc2)C(=O)N[C@H](CO)Cc2ccccc2)cc1. The van der Waals surface area contributed by atoms with Crippen LogP contribution in [0.15, 0.2) is 90.6 Å². The number of aliphatic hydroxyl groups is 1. The summed E-state index contributed by atoms with van der Waals surface area (Å²) in [6, 6.07) is 26.2. The van der Waals surface area contributed by atoms with Gasteiger partial charge < -0.3 is 15.7 Å². The number of benzene rings is 3. The summed E-state index contributed by atoms with van der Waals surface area (Å²) in [5, 5.41) is 24.2. The molecular formula is C26H23N3O3. The van der Waals surface area contributed by atoms with Crippen molar-refractivity contribution in [2.45, 2.75) is 12.5 Å². The summed E-state index contributed by atoms with van der Waals surface area (Å²) < 4.78 is 0. The van der Waals surface area contributed by atoms with Crippen LogP contribution in [0.1, 0.15) is 27.0 Å². The smallest absolute Gasteiger partial charge is 0.268 e. The zero-order valence-corrected chi connectivity index (χ0v) is 17.4. The zero-order valence-electron chi connectivity index (χ0n) is 17.4. The Morgan fingerprint density at radius 3 is 2.16 bits per heavy atom. The summed E-state index contributed by atoms with van der Waals surface area (Å²) in [6.07, 6.45) is 1.98. The molecular weight excluding hydrogens is 402 g/mol. The maximum atomic E-state index is 13.0. The van der Waals surface area contributed by atoms with E-state index < -0.39 is 17.9 Å². The molecule has 3 rings (SSSR count). The van der Waals surface area contributed by atoms with Gasteiger partial charge in [-0.3, -0.25) is 9.59 Å². The lowest BCUT2D eigenvalue weighted by Gasteiger charge is -2.18. The van der Waals surface area contributed by atoms with Gasteiger partial charge in [-0.1, -0.05) is 60.7 Å². The normalized spacial score (nSPS) is 11.8. The van der Waals surface area contributed by atoms with E-state index in [2.05, 4.69) is 10.6 Å². The fraction of sp³-hybridized carbons (Fsp3) is 0.115.